The number of nitrogens with zero attached hydrogens (tertiary/aromatic N) is 1. The number of hydrogen-bond donors (Lipinski definition) is 2. The second-order valence-corrected chi connectivity index (χ2v) is 14.4. The first-order chi connectivity index (χ1) is 16.7. The first-order valence-electron chi connectivity index (χ1n) is 12.0. The molecule has 2 N–H and O–H groups in total. The molecule has 0 amide bonds. The predicted octanol–water partition coefficient (Wildman–Crippen LogP) is 2.46. The zero-order valence-corrected chi connectivity index (χ0v) is 21.7. The number of aliphatic hydroxyl groups is 1. The molecule has 3 aromatic rings. The summed E-state index contributed by atoms with van der Waals surface area (Å²) in [6.07, 6.45) is 1.01. The highest BCUT2D eigenvalue weighted by molar-refractivity contribution is 6.99. The van der Waals surface area contributed by atoms with Crippen molar-refractivity contribution < 1.29 is 14.3 Å². The third-order valence-electron chi connectivity index (χ3n) is 6.80. The molecule has 1 aliphatic heterocycles. The van der Waals surface area contributed by atoms with Crippen molar-refractivity contribution in [1.29, 1.82) is 0 Å². The highest BCUT2D eigenvalue weighted by atomic mass is 28.4. The number of aromatic nitrogens is 2. The van der Waals surface area contributed by atoms with E-state index in [0.717, 1.165) is 10.4 Å². The highest BCUT2D eigenvalue weighted by Gasteiger charge is 2.53. The van der Waals surface area contributed by atoms with E-state index in [1.807, 2.05) is 36.4 Å². The maximum atomic E-state index is 12.6. The van der Waals surface area contributed by atoms with Crippen molar-refractivity contribution >= 4 is 18.7 Å². The van der Waals surface area contributed by atoms with Crippen LogP contribution in [-0.4, -0.2) is 41.8 Å². The zero-order chi connectivity index (χ0) is 25.2. The Morgan fingerprint density at radius 2 is 1.63 bits per heavy atom. The third-order valence-corrected chi connectivity index (χ3v) is 11.9. The number of hydrogen-bond acceptors (Lipinski definition) is 5. The van der Waals surface area contributed by atoms with Crippen LogP contribution in [0.4, 0.5) is 0 Å². The molecule has 0 spiro atoms. The number of nitrogens with one attached hydrogen (secondary N) is 1. The lowest BCUT2D eigenvalue weighted by Crippen LogP contribution is -2.68. The van der Waals surface area contributed by atoms with Gasteiger partial charge < -0.3 is 14.3 Å². The van der Waals surface area contributed by atoms with Crippen molar-refractivity contribution in [3.05, 3.63) is 93.3 Å². The summed E-state index contributed by atoms with van der Waals surface area (Å²) in [7, 11) is -2.86. The molecule has 1 aliphatic rings. The predicted molar refractivity (Wildman–Crippen MR) is 139 cm³/mol. The monoisotopic (exact) mass is 494 g/mol. The van der Waals surface area contributed by atoms with E-state index in [2.05, 4.69) is 50.0 Å². The lowest BCUT2D eigenvalue weighted by Gasteiger charge is -2.45. The average molecular weight is 495 g/mol. The van der Waals surface area contributed by atoms with Crippen LogP contribution in [0.2, 0.25) is 5.04 Å². The van der Waals surface area contributed by atoms with Gasteiger partial charge in [-0.2, -0.15) is 0 Å². The molecule has 0 bridgehead atoms. The van der Waals surface area contributed by atoms with E-state index in [1.165, 1.54) is 10.8 Å². The summed E-state index contributed by atoms with van der Waals surface area (Å²) >= 11 is 0. The number of H-pyrrole nitrogens is 1. The topological polar surface area (TPSA) is 93.6 Å². The van der Waals surface area contributed by atoms with E-state index in [0.29, 0.717) is 18.4 Å². The van der Waals surface area contributed by atoms with Gasteiger partial charge >= 0.3 is 5.69 Å². The molecule has 35 heavy (non-hydrogen) atoms. The first-order valence-corrected chi connectivity index (χ1v) is 14.0. The van der Waals surface area contributed by atoms with E-state index in [1.54, 1.807) is 6.92 Å². The van der Waals surface area contributed by atoms with Crippen molar-refractivity contribution in [3.8, 4) is 0 Å². The fraction of sp³-hybridized carbons (Fsp3) is 0.407. The van der Waals surface area contributed by atoms with Gasteiger partial charge in [-0.15, -0.1) is 0 Å². The number of rotatable bonds is 7. The van der Waals surface area contributed by atoms with Crippen molar-refractivity contribution in [1.82, 2.24) is 9.55 Å². The molecular weight excluding hydrogens is 460 g/mol. The molecule has 186 valence electrons. The van der Waals surface area contributed by atoms with Gasteiger partial charge in [0.15, 0.2) is 0 Å². The second-order valence-electron chi connectivity index (χ2n) is 10.2. The molecule has 0 saturated carbocycles. The maximum absolute atomic E-state index is 12.6. The van der Waals surface area contributed by atoms with Crippen LogP contribution in [0.15, 0.2) is 76.4 Å². The van der Waals surface area contributed by atoms with Crippen LogP contribution in [0.3, 0.4) is 0 Å². The Morgan fingerprint density at radius 3 is 2.14 bits per heavy atom. The number of aryl methyl sites for hydroxylation is 1. The van der Waals surface area contributed by atoms with Crippen LogP contribution in [0.5, 0.6) is 0 Å². The fourth-order valence-corrected chi connectivity index (χ4v) is 9.82. The zero-order valence-electron chi connectivity index (χ0n) is 20.7. The first kappa shape index (κ1) is 25.3. The molecule has 1 aromatic heterocycles. The average Bonchev–Trinajstić information content (AvgIpc) is 3.22. The normalized spacial score (nSPS) is 20.8. The Kier molecular flexibility index (Phi) is 7.28. The van der Waals surface area contributed by atoms with Crippen molar-refractivity contribution in [2.45, 2.75) is 64.0 Å². The van der Waals surface area contributed by atoms with Gasteiger partial charge in [0.25, 0.3) is 13.9 Å². The Bertz CT molecular complexity index is 1210. The molecule has 0 aliphatic carbocycles. The minimum atomic E-state index is -2.86. The molecule has 2 heterocycles. The summed E-state index contributed by atoms with van der Waals surface area (Å²) in [5.74, 6) is 0. The van der Waals surface area contributed by atoms with Crippen LogP contribution < -0.4 is 21.6 Å². The summed E-state index contributed by atoms with van der Waals surface area (Å²) in [5.41, 5.74) is -0.487. The van der Waals surface area contributed by atoms with Gasteiger partial charge in [0, 0.05) is 24.8 Å². The Morgan fingerprint density at radius 1 is 1.06 bits per heavy atom. The van der Waals surface area contributed by atoms with Crippen molar-refractivity contribution in [3.63, 3.8) is 0 Å². The van der Waals surface area contributed by atoms with E-state index < -0.39 is 31.9 Å². The van der Waals surface area contributed by atoms with Gasteiger partial charge in [0.05, 0.1) is 12.2 Å². The molecule has 1 fully saturated rings. The second kappa shape index (κ2) is 10.1. The smallest absolute Gasteiger partial charge is 0.330 e. The highest BCUT2D eigenvalue weighted by Crippen LogP contribution is 2.41. The van der Waals surface area contributed by atoms with Crippen LogP contribution >= 0.6 is 0 Å². The van der Waals surface area contributed by atoms with Crippen LogP contribution in [-0.2, 0) is 9.16 Å². The quantitative estimate of drug-likeness (QED) is 0.492. The molecule has 8 heteroatoms. The van der Waals surface area contributed by atoms with Gasteiger partial charge in [-0.3, -0.25) is 14.3 Å². The molecule has 1 saturated heterocycles. The summed E-state index contributed by atoms with van der Waals surface area (Å²) in [5, 5.41) is 11.9. The van der Waals surface area contributed by atoms with Crippen molar-refractivity contribution in [2.24, 2.45) is 0 Å². The van der Waals surface area contributed by atoms with Gasteiger partial charge in [-0.05, 0) is 28.8 Å². The van der Waals surface area contributed by atoms with Gasteiger partial charge in [0.1, 0.15) is 6.23 Å². The lowest BCUT2D eigenvalue weighted by molar-refractivity contribution is -0.0282. The van der Waals surface area contributed by atoms with Crippen LogP contribution in [0, 0.1) is 6.92 Å². The minimum absolute atomic E-state index is 0.0580. The fourth-order valence-electron chi connectivity index (χ4n) is 5.10. The molecule has 3 atom stereocenters. The summed E-state index contributed by atoms with van der Waals surface area (Å²) in [6.45, 7) is 8.23. The van der Waals surface area contributed by atoms with Crippen molar-refractivity contribution in [2.75, 3.05) is 6.61 Å². The lowest BCUT2D eigenvalue weighted by atomic mass is 10.1. The number of ether oxygens (including phenoxy) is 1. The van der Waals surface area contributed by atoms with E-state index in [9.17, 15) is 14.7 Å². The number of benzene rings is 2. The molecule has 0 radical (unpaired) electrons. The SMILES string of the molecule is Cc1cn([C@H]2C[C@H](O[Si](c3ccccc3)(c3ccccc3)C(C)(C)C)[C@@H](CCO)O2)c(=O)[nH]c1=O. The van der Waals surface area contributed by atoms with Gasteiger partial charge in [0.2, 0.25) is 0 Å². The van der Waals surface area contributed by atoms with E-state index in [-0.39, 0.29) is 17.7 Å². The summed E-state index contributed by atoms with van der Waals surface area (Å²) in [4.78, 5) is 26.8. The molecule has 0 unspecified atom stereocenters. The van der Waals surface area contributed by atoms with Crippen LogP contribution in [0.1, 0.15) is 45.4 Å². The number of aromatic amines is 1. The Labute approximate surface area is 206 Å². The number of aliphatic hydroxyl groups excluding tert-OH is 1. The maximum Gasteiger partial charge on any atom is 0.330 e. The molecular formula is C27H34N2O5Si. The third kappa shape index (κ3) is 4.84. The molecule has 4 rings (SSSR count). The minimum Gasteiger partial charge on any atom is -0.402 e. The van der Waals surface area contributed by atoms with Crippen LogP contribution in [0.25, 0.3) is 0 Å². The Balaban J connectivity index is 1.80. The summed E-state index contributed by atoms with van der Waals surface area (Å²) in [6, 6.07) is 20.7. The molecule has 2 aromatic carbocycles. The molecule has 7 nitrogen and oxygen atoms in total. The van der Waals surface area contributed by atoms with E-state index in [4.69, 9.17) is 9.16 Å². The largest absolute Gasteiger partial charge is 0.402 e. The standard InChI is InChI=1S/C27H34N2O5Si/c1-19-18-29(26(32)28-25(19)31)24-17-23(22(33-24)15-16-30)34-35(27(2,3)4,20-11-7-5-8-12-20)21-13-9-6-10-14-21/h5-14,18,22-24,30H,15-17H2,1-4H3,(H,28,31,32)/t22-,23+,24-/m1/s1. The summed E-state index contributed by atoms with van der Waals surface area (Å²) < 4.78 is 15.0. The van der Waals surface area contributed by atoms with Gasteiger partial charge in [-0.1, -0.05) is 81.4 Å². The Hall–Kier alpha value is -2.78. The van der Waals surface area contributed by atoms with E-state index >= 15 is 0 Å². The van der Waals surface area contributed by atoms with Gasteiger partial charge in [-0.25, -0.2) is 4.79 Å².